The van der Waals surface area contributed by atoms with Crippen LogP contribution in [0.4, 0.5) is 5.69 Å². The number of benzene rings is 1. The largest absolute Gasteiger partial charge is 0.481 e. The molecule has 0 saturated heterocycles. The van der Waals surface area contributed by atoms with Gasteiger partial charge in [0.1, 0.15) is 0 Å². The lowest BCUT2D eigenvalue weighted by atomic mass is 9.89. The maximum atomic E-state index is 10.6. The van der Waals surface area contributed by atoms with Crippen molar-refractivity contribution >= 4 is 11.7 Å². The average molecular weight is 194 g/mol. The van der Waals surface area contributed by atoms with Gasteiger partial charge < -0.3 is 16.6 Å². The van der Waals surface area contributed by atoms with E-state index in [0.29, 0.717) is 11.3 Å². The Morgan fingerprint density at radius 1 is 1.50 bits per heavy atom. The van der Waals surface area contributed by atoms with Gasteiger partial charge in [-0.3, -0.25) is 4.79 Å². The van der Waals surface area contributed by atoms with Crippen molar-refractivity contribution in [1.82, 2.24) is 0 Å². The van der Waals surface area contributed by atoms with E-state index in [4.69, 9.17) is 16.6 Å². The zero-order valence-electron chi connectivity index (χ0n) is 8.03. The van der Waals surface area contributed by atoms with Crippen molar-refractivity contribution in [3.05, 3.63) is 29.8 Å². The number of anilines is 1. The average Bonchev–Trinajstić information content (AvgIpc) is 2.02. The highest BCUT2D eigenvalue weighted by Gasteiger charge is 2.26. The molecule has 0 unspecified atom stereocenters. The summed E-state index contributed by atoms with van der Waals surface area (Å²) < 4.78 is 0. The number of carbonyl (C=O) groups is 1. The van der Waals surface area contributed by atoms with Crippen molar-refractivity contribution < 1.29 is 9.90 Å². The lowest BCUT2D eigenvalue weighted by Crippen LogP contribution is -2.36. The van der Waals surface area contributed by atoms with E-state index in [1.165, 1.54) is 0 Å². The Labute approximate surface area is 82.5 Å². The minimum Gasteiger partial charge on any atom is -0.481 e. The molecule has 1 aromatic rings. The molecule has 4 heteroatoms. The van der Waals surface area contributed by atoms with Gasteiger partial charge in [0.2, 0.25) is 0 Å². The minimum absolute atomic E-state index is 0.138. The fourth-order valence-electron chi connectivity index (χ4n) is 1.43. The fourth-order valence-corrected chi connectivity index (χ4v) is 1.43. The highest BCUT2D eigenvalue weighted by atomic mass is 16.4. The molecular formula is C10H14N2O2. The molecule has 0 spiro atoms. The first-order valence-corrected chi connectivity index (χ1v) is 4.29. The summed E-state index contributed by atoms with van der Waals surface area (Å²) in [7, 11) is 0. The Hall–Kier alpha value is -1.55. The third-order valence-corrected chi connectivity index (χ3v) is 2.09. The van der Waals surface area contributed by atoms with Gasteiger partial charge in [0.25, 0.3) is 0 Å². The molecular weight excluding hydrogens is 180 g/mol. The molecule has 1 aromatic carbocycles. The fraction of sp³-hybridized carbons (Fsp3) is 0.300. The van der Waals surface area contributed by atoms with Gasteiger partial charge >= 0.3 is 5.97 Å². The normalized spacial score (nSPS) is 14.7. The van der Waals surface area contributed by atoms with Gasteiger partial charge in [-0.2, -0.15) is 0 Å². The second-order valence-corrected chi connectivity index (χ2v) is 3.58. The first kappa shape index (κ1) is 10.5. The van der Waals surface area contributed by atoms with Gasteiger partial charge in [-0.15, -0.1) is 0 Å². The summed E-state index contributed by atoms with van der Waals surface area (Å²) in [5.74, 6) is -0.932. The first-order valence-electron chi connectivity index (χ1n) is 4.29. The van der Waals surface area contributed by atoms with Crippen LogP contribution >= 0.6 is 0 Å². The van der Waals surface area contributed by atoms with Crippen LogP contribution in [0.1, 0.15) is 18.9 Å². The van der Waals surface area contributed by atoms with Crippen LogP contribution in [0.3, 0.4) is 0 Å². The molecule has 0 aliphatic heterocycles. The smallest absolute Gasteiger partial charge is 0.305 e. The Morgan fingerprint density at radius 3 is 2.57 bits per heavy atom. The number of hydrogen-bond acceptors (Lipinski definition) is 3. The highest BCUT2D eigenvalue weighted by molar-refractivity contribution is 5.69. The number of nitrogens with two attached hydrogens (primary N) is 2. The van der Waals surface area contributed by atoms with Crippen LogP contribution in [0.15, 0.2) is 24.3 Å². The van der Waals surface area contributed by atoms with Crippen molar-refractivity contribution in [2.45, 2.75) is 18.9 Å². The van der Waals surface area contributed by atoms with E-state index in [1.54, 1.807) is 31.2 Å². The molecule has 76 valence electrons. The molecule has 0 aliphatic rings. The topological polar surface area (TPSA) is 89.3 Å². The van der Waals surface area contributed by atoms with Crippen LogP contribution in [-0.2, 0) is 10.3 Å². The quantitative estimate of drug-likeness (QED) is 0.624. The highest BCUT2D eigenvalue weighted by Crippen LogP contribution is 2.26. The lowest BCUT2D eigenvalue weighted by Gasteiger charge is -2.24. The number of para-hydroxylation sites is 1. The van der Waals surface area contributed by atoms with E-state index >= 15 is 0 Å². The molecule has 14 heavy (non-hydrogen) atoms. The van der Waals surface area contributed by atoms with E-state index < -0.39 is 11.5 Å². The van der Waals surface area contributed by atoms with Crippen LogP contribution in [0.2, 0.25) is 0 Å². The molecule has 0 aliphatic carbocycles. The van der Waals surface area contributed by atoms with Crippen molar-refractivity contribution in [2.75, 3.05) is 5.73 Å². The number of rotatable bonds is 3. The Kier molecular flexibility index (Phi) is 2.76. The molecule has 0 fully saturated rings. The van der Waals surface area contributed by atoms with Gasteiger partial charge in [-0.25, -0.2) is 0 Å². The third-order valence-electron chi connectivity index (χ3n) is 2.09. The summed E-state index contributed by atoms with van der Waals surface area (Å²) >= 11 is 0. The molecule has 0 heterocycles. The summed E-state index contributed by atoms with van der Waals surface area (Å²) in [6.07, 6.45) is -0.138. The molecule has 0 amide bonds. The standard InChI is InChI=1S/C10H14N2O2/c1-10(12,6-9(13)14)7-4-2-3-5-8(7)11/h2-5H,6,11-12H2,1H3,(H,13,14)/t10-/m0/s1. The number of carboxylic acids is 1. The van der Waals surface area contributed by atoms with E-state index in [9.17, 15) is 4.79 Å². The van der Waals surface area contributed by atoms with Gasteiger partial charge in [-0.05, 0) is 18.6 Å². The van der Waals surface area contributed by atoms with Crippen LogP contribution in [-0.4, -0.2) is 11.1 Å². The number of hydrogen-bond donors (Lipinski definition) is 3. The van der Waals surface area contributed by atoms with Crippen molar-refractivity contribution in [3.63, 3.8) is 0 Å². The predicted octanol–water partition coefficient (Wildman–Crippen LogP) is 0.917. The monoisotopic (exact) mass is 194 g/mol. The summed E-state index contributed by atoms with van der Waals surface area (Å²) in [6, 6.07) is 7.04. The summed E-state index contributed by atoms with van der Waals surface area (Å²) in [6.45, 7) is 1.66. The summed E-state index contributed by atoms with van der Waals surface area (Å²) in [5, 5.41) is 8.68. The number of carboxylic acid groups (broad SMARTS) is 1. The van der Waals surface area contributed by atoms with Crippen LogP contribution in [0.5, 0.6) is 0 Å². The van der Waals surface area contributed by atoms with E-state index in [2.05, 4.69) is 0 Å². The second kappa shape index (κ2) is 3.67. The van der Waals surface area contributed by atoms with Gasteiger partial charge in [0.05, 0.1) is 12.0 Å². The van der Waals surface area contributed by atoms with Gasteiger partial charge in [-0.1, -0.05) is 18.2 Å². The van der Waals surface area contributed by atoms with Crippen LogP contribution in [0.25, 0.3) is 0 Å². The van der Waals surface area contributed by atoms with Crippen molar-refractivity contribution in [3.8, 4) is 0 Å². The minimum atomic E-state index is -0.932. The van der Waals surface area contributed by atoms with Crippen molar-refractivity contribution in [2.24, 2.45) is 5.73 Å². The second-order valence-electron chi connectivity index (χ2n) is 3.58. The maximum Gasteiger partial charge on any atom is 0.305 e. The molecule has 0 bridgehead atoms. The third kappa shape index (κ3) is 2.23. The van der Waals surface area contributed by atoms with E-state index in [1.807, 2.05) is 0 Å². The van der Waals surface area contributed by atoms with Crippen LogP contribution in [0, 0.1) is 0 Å². The first-order chi connectivity index (χ1) is 6.43. The molecule has 0 aromatic heterocycles. The molecule has 5 N–H and O–H groups in total. The Morgan fingerprint density at radius 2 is 2.07 bits per heavy atom. The van der Waals surface area contributed by atoms with Crippen molar-refractivity contribution in [1.29, 1.82) is 0 Å². The predicted molar refractivity (Wildman–Crippen MR) is 54.6 cm³/mol. The molecule has 0 saturated carbocycles. The van der Waals surface area contributed by atoms with E-state index in [0.717, 1.165) is 0 Å². The van der Waals surface area contributed by atoms with Crippen LogP contribution < -0.4 is 11.5 Å². The SMILES string of the molecule is C[C@](N)(CC(=O)O)c1ccccc1N. The molecule has 0 radical (unpaired) electrons. The lowest BCUT2D eigenvalue weighted by molar-refractivity contribution is -0.138. The molecule has 1 atom stereocenters. The maximum absolute atomic E-state index is 10.6. The Bertz CT molecular complexity index is 348. The summed E-state index contributed by atoms with van der Waals surface area (Å²) in [5.41, 5.74) is 11.9. The Balaban J connectivity index is 3.03. The zero-order chi connectivity index (χ0) is 10.8. The summed E-state index contributed by atoms with van der Waals surface area (Å²) in [4.78, 5) is 10.6. The number of nitrogen functional groups attached to an aromatic ring is 1. The van der Waals surface area contributed by atoms with E-state index in [-0.39, 0.29) is 6.42 Å². The molecule has 4 nitrogen and oxygen atoms in total. The zero-order valence-corrected chi connectivity index (χ0v) is 8.03. The number of aliphatic carboxylic acids is 1. The van der Waals surface area contributed by atoms with Gasteiger partial charge in [0.15, 0.2) is 0 Å². The molecule has 1 rings (SSSR count). The van der Waals surface area contributed by atoms with Gasteiger partial charge in [0, 0.05) is 5.69 Å².